The summed E-state index contributed by atoms with van der Waals surface area (Å²) in [5.74, 6) is 2.36. The summed E-state index contributed by atoms with van der Waals surface area (Å²) in [6, 6.07) is 0. The van der Waals surface area contributed by atoms with Crippen molar-refractivity contribution in [1.82, 2.24) is 9.97 Å². The molecule has 0 radical (unpaired) electrons. The first-order valence-corrected chi connectivity index (χ1v) is 7.79. The number of nitrogens with one attached hydrogen (secondary N) is 1. The first-order chi connectivity index (χ1) is 9.67. The van der Waals surface area contributed by atoms with Crippen LogP contribution in [0.5, 0.6) is 0 Å². The molecule has 1 N–H and O–H groups in total. The Balaban J connectivity index is 2.28. The van der Waals surface area contributed by atoms with E-state index in [2.05, 4.69) is 31.1 Å². The van der Waals surface area contributed by atoms with Gasteiger partial charge in [0.1, 0.15) is 11.9 Å². The number of hydrogen-bond acceptors (Lipinski definition) is 4. The van der Waals surface area contributed by atoms with Crippen LogP contribution in [0.3, 0.4) is 0 Å². The van der Waals surface area contributed by atoms with Gasteiger partial charge in [0.15, 0.2) is 5.82 Å². The standard InChI is InChI=1S/C16H27N3O/c1-5-17-15-11(2)12(3)18-16(19-15)14(20-4)13-9-7-6-8-10-13/h13-14H,5-10H2,1-4H3,(H,17,18,19). The van der Waals surface area contributed by atoms with Crippen molar-refractivity contribution in [2.75, 3.05) is 19.0 Å². The Hall–Kier alpha value is -1.16. The van der Waals surface area contributed by atoms with Crippen molar-refractivity contribution in [3.05, 3.63) is 17.1 Å². The maximum atomic E-state index is 5.75. The second kappa shape index (κ2) is 7.02. The molecule has 1 fully saturated rings. The van der Waals surface area contributed by atoms with Crippen LogP contribution in [-0.2, 0) is 4.74 Å². The molecule has 0 spiro atoms. The first-order valence-electron chi connectivity index (χ1n) is 7.79. The molecule has 1 unspecified atom stereocenters. The molecule has 4 nitrogen and oxygen atoms in total. The number of methoxy groups -OCH3 is 1. The predicted molar refractivity (Wildman–Crippen MR) is 82.0 cm³/mol. The quantitative estimate of drug-likeness (QED) is 0.889. The summed E-state index contributed by atoms with van der Waals surface area (Å²) in [7, 11) is 1.78. The van der Waals surface area contributed by atoms with Gasteiger partial charge in [0, 0.05) is 24.9 Å². The SMILES string of the molecule is CCNc1nc(C(OC)C2CCCCC2)nc(C)c1C. The van der Waals surface area contributed by atoms with Gasteiger partial charge in [-0.05, 0) is 39.5 Å². The summed E-state index contributed by atoms with van der Waals surface area (Å²) >= 11 is 0. The third kappa shape index (κ3) is 3.29. The summed E-state index contributed by atoms with van der Waals surface area (Å²) in [6.45, 7) is 7.08. The van der Waals surface area contributed by atoms with Gasteiger partial charge in [-0.25, -0.2) is 9.97 Å². The van der Waals surface area contributed by atoms with Gasteiger partial charge in [-0.15, -0.1) is 0 Å². The van der Waals surface area contributed by atoms with E-state index < -0.39 is 0 Å². The highest BCUT2D eigenvalue weighted by Gasteiger charge is 2.28. The Labute approximate surface area is 122 Å². The van der Waals surface area contributed by atoms with Crippen molar-refractivity contribution in [2.24, 2.45) is 5.92 Å². The molecule has 4 heteroatoms. The molecule has 2 rings (SSSR count). The van der Waals surface area contributed by atoms with Crippen molar-refractivity contribution in [2.45, 2.75) is 59.0 Å². The van der Waals surface area contributed by atoms with Crippen LogP contribution in [0.1, 0.15) is 62.2 Å². The Bertz CT molecular complexity index is 442. The third-order valence-electron chi connectivity index (χ3n) is 4.34. The summed E-state index contributed by atoms with van der Waals surface area (Å²) in [5.41, 5.74) is 2.18. The van der Waals surface area contributed by atoms with E-state index in [1.165, 1.54) is 32.1 Å². The molecular formula is C16H27N3O. The van der Waals surface area contributed by atoms with Gasteiger partial charge in [0.2, 0.25) is 0 Å². The zero-order chi connectivity index (χ0) is 14.5. The Kier molecular flexibility index (Phi) is 5.35. The molecule has 1 heterocycles. The fourth-order valence-electron chi connectivity index (χ4n) is 3.06. The van der Waals surface area contributed by atoms with E-state index in [0.717, 1.165) is 29.4 Å². The molecule has 1 atom stereocenters. The van der Waals surface area contributed by atoms with E-state index in [1.807, 2.05) is 0 Å². The summed E-state index contributed by atoms with van der Waals surface area (Å²) < 4.78 is 5.75. The number of ether oxygens (including phenoxy) is 1. The van der Waals surface area contributed by atoms with Crippen LogP contribution >= 0.6 is 0 Å². The Morgan fingerprint density at radius 2 is 1.90 bits per heavy atom. The normalized spacial score (nSPS) is 18.0. The van der Waals surface area contributed by atoms with Crippen LogP contribution in [0.25, 0.3) is 0 Å². The molecule has 0 bridgehead atoms. The minimum Gasteiger partial charge on any atom is -0.373 e. The fraction of sp³-hybridized carbons (Fsp3) is 0.750. The molecule has 1 aliphatic carbocycles. The maximum Gasteiger partial charge on any atom is 0.160 e. The van der Waals surface area contributed by atoms with Crippen molar-refractivity contribution >= 4 is 5.82 Å². The first kappa shape index (κ1) is 15.2. The number of aryl methyl sites for hydroxylation is 1. The zero-order valence-corrected chi connectivity index (χ0v) is 13.2. The maximum absolute atomic E-state index is 5.75. The second-order valence-electron chi connectivity index (χ2n) is 5.73. The Morgan fingerprint density at radius 3 is 2.50 bits per heavy atom. The van der Waals surface area contributed by atoms with Gasteiger partial charge in [-0.3, -0.25) is 0 Å². The number of rotatable bonds is 5. The fourth-order valence-corrected chi connectivity index (χ4v) is 3.06. The van der Waals surface area contributed by atoms with Gasteiger partial charge in [0.05, 0.1) is 0 Å². The van der Waals surface area contributed by atoms with E-state index in [0.29, 0.717) is 5.92 Å². The van der Waals surface area contributed by atoms with E-state index in [9.17, 15) is 0 Å². The van der Waals surface area contributed by atoms with Crippen LogP contribution in [0.4, 0.5) is 5.82 Å². The molecule has 1 aromatic rings. The molecule has 0 aromatic carbocycles. The highest BCUT2D eigenvalue weighted by Crippen LogP contribution is 2.35. The third-order valence-corrected chi connectivity index (χ3v) is 4.34. The molecule has 0 amide bonds. The molecule has 1 aliphatic rings. The van der Waals surface area contributed by atoms with Gasteiger partial charge in [0.25, 0.3) is 0 Å². The summed E-state index contributed by atoms with van der Waals surface area (Å²) in [6.07, 6.45) is 6.44. The van der Waals surface area contributed by atoms with Gasteiger partial charge >= 0.3 is 0 Å². The van der Waals surface area contributed by atoms with E-state index in [-0.39, 0.29) is 6.10 Å². The largest absolute Gasteiger partial charge is 0.373 e. The summed E-state index contributed by atoms with van der Waals surface area (Å²) in [5, 5.41) is 3.33. The molecule has 112 valence electrons. The van der Waals surface area contributed by atoms with E-state index in [1.54, 1.807) is 7.11 Å². The summed E-state index contributed by atoms with van der Waals surface area (Å²) in [4.78, 5) is 9.41. The number of hydrogen-bond donors (Lipinski definition) is 1. The van der Waals surface area contributed by atoms with E-state index in [4.69, 9.17) is 9.72 Å². The van der Waals surface area contributed by atoms with Crippen LogP contribution in [0, 0.1) is 19.8 Å². The highest BCUT2D eigenvalue weighted by molar-refractivity contribution is 5.45. The zero-order valence-electron chi connectivity index (χ0n) is 13.2. The van der Waals surface area contributed by atoms with Gasteiger partial charge in [-0.1, -0.05) is 19.3 Å². The molecule has 0 saturated heterocycles. The lowest BCUT2D eigenvalue weighted by Gasteiger charge is -2.28. The minimum atomic E-state index is 0.0343. The van der Waals surface area contributed by atoms with Crippen molar-refractivity contribution in [3.63, 3.8) is 0 Å². The number of aromatic nitrogens is 2. The highest BCUT2D eigenvalue weighted by atomic mass is 16.5. The molecule has 20 heavy (non-hydrogen) atoms. The molecule has 1 aromatic heterocycles. The van der Waals surface area contributed by atoms with Crippen molar-refractivity contribution in [1.29, 1.82) is 0 Å². The molecule has 0 aliphatic heterocycles. The average molecular weight is 277 g/mol. The van der Waals surface area contributed by atoms with Crippen LogP contribution < -0.4 is 5.32 Å². The lowest BCUT2D eigenvalue weighted by Crippen LogP contribution is -2.21. The van der Waals surface area contributed by atoms with Crippen LogP contribution in [0.2, 0.25) is 0 Å². The van der Waals surface area contributed by atoms with Crippen molar-refractivity contribution in [3.8, 4) is 0 Å². The lowest BCUT2D eigenvalue weighted by atomic mass is 9.85. The minimum absolute atomic E-state index is 0.0343. The monoisotopic (exact) mass is 277 g/mol. The van der Waals surface area contributed by atoms with Crippen molar-refractivity contribution < 1.29 is 4.74 Å². The predicted octanol–water partition coefficient (Wildman–Crippen LogP) is 3.79. The van der Waals surface area contributed by atoms with Gasteiger partial charge in [-0.2, -0.15) is 0 Å². The lowest BCUT2D eigenvalue weighted by molar-refractivity contribution is 0.0289. The number of anilines is 1. The smallest absolute Gasteiger partial charge is 0.160 e. The molecule has 1 saturated carbocycles. The second-order valence-corrected chi connectivity index (χ2v) is 5.73. The van der Waals surface area contributed by atoms with Crippen LogP contribution in [-0.4, -0.2) is 23.6 Å². The molecular weight excluding hydrogens is 250 g/mol. The van der Waals surface area contributed by atoms with E-state index >= 15 is 0 Å². The number of nitrogens with zero attached hydrogens (tertiary/aromatic N) is 2. The Morgan fingerprint density at radius 1 is 1.20 bits per heavy atom. The van der Waals surface area contributed by atoms with Gasteiger partial charge < -0.3 is 10.1 Å². The topological polar surface area (TPSA) is 47.0 Å². The van der Waals surface area contributed by atoms with Crippen LogP contribution in [0.15, 0.2) is 0 Å². The average Bonchev–Trinajstić information content (AvgIpc) is 2.46.